The van der Waals surface area contributed by atoms with E-state index in [1.807, 2.05) is 20.8 Å². The predicted octanol–water partition coefficient (Wildman–Crippen LogP) is 1.82. The standard InChI is InChI=1S/C15H27N3O4/c1-15(2,3)22-14(20)18-8-6-11(7-9-18)16-13(19)17-12-5-4-10-21-12/h11-12H,4-10H2,1-3H3,(H2,16,17,19). The minimum Gasteiger partial charge on any atom is -0.444 e. The van der Waals surface area contributed by atoms with E-state index in [9.17, 15) is 9.59 Å². The molecule has 0 bridgehead atoms. The molecule has 1 atom stereocenters. The molecule has 7 nitrogen and oxygen atoms in total. The van der Waals surface area contributed by atoms with Gasteiger partial charge in [0.15, 0.2) is 0 Å². The van der Waals surface area contributed by atoms with Gasteiger partial charge in [-0.1, -0.05) is 0 Å². The molecule has 126 valence electrons. The van der Waals surface area contributed by atoms with Crippen LogP contribution in [0.15, 0.2) is 0 Å². The molecule has 2 aliphatic heterocycles. The molecule has 2 aliphatic rings. The van der Waals surface area contributed by atoms with Crippen LogP contribution in [-0.4, -0.2) is 54.6 Å². The Morgan fingerprint density at radius 1 is 1.14 bits per heavy atom. The predicted molar refractivity (Wildman–Crippen MR) is 81.5 cm³/mol. The number of carbonyl (C=O) groups is 2. The highest BCUT2D eigenvalue weighted by Gasteiger charge is 2.28. The van der Waals surface area contributed by atoms with E-state index in [0.29, 0.717) is 19.7 Å². The van der Waals surface area contributed by atoms with Gasteiger partial charge in [-0.2, -0.15) is 0 Å². The lowest BCUT2D eigenvalue weighted by atomic mass is 10.1. The van der Waals surface area contributed by atoms with Crippen LogP contribution in [0.1, 0.15) is 46.5 Å². The van der Waals surface area contributed by atoms with Gasteiger partial charge in [-0.15, -0.1) is 0 Å². The third-order valence-corrected chi connectivity index (χ3v) is 3.70. The van der Waals surface area contributed by atoms with Crippen molar-refractivity contribution in [3.8, 4) is 0 Å². The Hall–Kier alpha value is -1.50. The molecule has 0 aromatic heterocycles. The van der Waals surface area contributed by atoms with Crippen molar-refractivity contribution in [3.63, 3.8) is 0 Å². The molecule has 2 N–H and O–H groups in total. The van der Waals surface area contributed by atoms with E-state index < -0.39 is 5.60 Å². The zero-order valence-electron chi connectivity index (χ0n) is 13.7. The quantitative estimate of drug-likeness (QED) is 0.815. The van der Waals surface area contributed by atoms with Crippen LogP contribution < -0.4 is 10.6 Å². The summed E-state index contributed by atoms with van der Waals surface area (Å²) in [5, 5.41) is 5.76. The zero-order valence-corrected chi connectivity index (χ0v) is 13.7. The number of rotatable bonds is 2. The lowest BCUT2D eigenvalue weighted by Gasteiger charge is -2.33. The first-order valence-corrected chi connectivity index (χ1v) is 8.00. The summed E-state index contributed by atoms with van der Waals surface area (Å²) in [5.41, 5.74) is -0.479. The van der Waals surface area contributed by atoms with Gasteiger partial charge in [0.05, 0.1) is 0 Å². The SMILES string of the molecule is CC(C)(C)OC(=O)N1CCC(NC(=O)NC2CCCO2)CC1. The molecule has 1 unspecified atom stereocenters. The Bertz CT molecular complexity index is 394. The van der Waals surface area contributed by atoms with Gasteiger partial charge in [0, 0.05) is 25.7 Å². The van der Waals surface area contributed by atoms with Gasteiger partial charge in [-0.05, 0) is 46.5 Å². The maximum absolute atomic E-state index is 12.0. The third kappa shape index (κ3) is 5.36. The van der Waals surface area contributed by atoms with E-state index in [-0.39, 0.29) is 24.4 Å². The van der Waals surface area contributed by atoms with Crippen molar-refractivity contribution in [3.05, 3.63) is 0 Å². The van der Waals surface area contributed by atoms with Crippen molar-refractivity contribution in [2.75, 3.05) is 19.7 Å². The Labute approximate surface area is 131 Å². The number of amides is 3. The van der Waals surface area contributed by atoms with Crippen LogP contribution in [-0.2, 0) is 9.47 Å². The second kappa shape index (κ2) is 7.17. The number of ether oxygens (including phenoxy) is 2. The molecule has 2 heterocycles. The van der Waals surface area contributed by atoms with Gasteiger partial charge < -0.3 is 25.0 Å². The Balaban J connectivity index is 1.68. The fourth-order valence-corrected chi connectivity index (χ4v) is 2.60. The van der Waals surface area contributed by atoms with Crippen LogP contribution in [0, 0.1) is 0 Å². The maximum atomic E-state index is 12.0. The van der Waals surface area contributed by atoms with Crippen LogP contribution in [0.25, 0.3) is 0 Å². The van der Waals surface area contributed by atoms with Crippen LogP contribution >= 0.6 is 0 Å². The van der Waals surface area contributed by atoms with Gasteiger partial charge in [0.2, 0.25) is 0 Å². The number of urea groups is 1. The van der Waals surface area contributed by atoms with Crippen molar-refractivity contribution in [2.45, 2.75) is 64.3 Å². The molecule has 2 rings (SSSR count). The lowest BCUT2D eigenvalue weighted by Crippen LogP contribution is -2.51. The number of likely N-dealkylation sites (tertiary alicyclic amines) is 1. The molecule has 0 aromatic rings. The summed E-state index contributed by atoms with van der Waals surface area (Å²) >= 11 is 0. The highest BCUT2D eigenvalue weighted by Crippen LogP contribution is 2.15. The summed E-state index contributed by atoms with van der Waals surface area (Å²) < 4.78 is 10.7. The summed E-state index contributed by atoms with van der Waals surface area (Å²) in [7, 11) is 0. The van der Waals surface area contributed by atoms with Gasteiger partial charge in [0.1, 0.15) is 11.8 Å². The highest BCUT2D eigenvalue weighted by molar-refractivity contribution is 5.74. The topological polar surface area (TPSA) is 79.9 Å². The molecule has 0 aromatic carbocycles. The molecule has 3 amide bonds. The van der Waals surface area contributed by atoms with Gasteiger partial charge in [-0.3, -0.25) is 0 Å². The van der Waals surface area contributed by atoms with E-state index in [1.54, 1.807) is 4.90 Å². The first-order valence-electron chi connectivity index (χ1n) is 8.00. The summed E-state index contributed by atoms with van der Waals surface area (Å²) in [6, 6.07) is -0.109. The molecule has 22 heavy (non-hydrogen) atoms. The minimum atomic E-state index is -0.479. The highest BCUT2D eigenvalue weighted by atomic mass is 16.6. The van der Waals surface area contributed by atoms with E-state index in [1.165, 1.54) is 0 Å². The number of nitrogens with one attached hydrogen (secondary N) is 2. The number of hydrogen-bond acceptors (Lipinski definition) is 4. The van der Waals surface area contributed by atoms with Gasteiger partial charge in [0.25, 0.3) is 0 Å². The van der Waals surface area contributed by atoms with Gasteiger partial charge in [-0.25, -0.2) is 9.59 Å². The Kier molecular flexibility index (Phi) is 5.50. The smallest absolute Gasteiger partial charge is 0.410 e. The number of nitrogens with zero attached hydrogens (tertiary/aromatic N) is 1. The van der Waals surface area contributed by atoms with Crippen LogP contribution in [0.3, 0.4) is 0 Å². The molecule has 0 aliphatic carbocycles. The average molecular weight is 313 g/mol. The second-order valence-electron chi connectivity index (χ2n) is 6.86. The minimum absolute atomic E-state index is 0.0834. The summed E-state index contributed by atoms with van der Waals surface area (Å²) in [4.78, 5) is 25.5. The van der Waals surface area contributed by atoms with Crippen LogP contribution in [0.2, 0.25) is 0 Å². The zero-order chi connectivity index (χ0) is 16.2. The van der Waals surface area contributed by atoms with E-state index in [0.717, 1.165) is 25.7 Å². The first-order chi connectivity index (χ1) is 10.3. The largest absolute Gasteiger partial charge is 0.444 e. The summed E-state index contributed by atoms with van der Waals surface area (Å²) in [5.74, 6) is 0. The van der Waals surface area contributed by atoms with Crippen LogP contribution in [0.5, 0.6) is 0 Å². The molecule has 2 fully saturated rings. The third-order valence-electron chi connectivity index (χ3n) is 3.70. The first kappa shape index (κ1) is 16.9. The molecule has 7 heteroatoms. The molecule has 2 saturated heterocycles. The summed E-state index contributed by atoms with van der Waals surface area (Å²) in [6.07, 6.45) is 2.87. The molecule has 0 saturated carbocycles. The van der Waals surface area contributed by atoms with Crippen molar-refractivity contribution in [1.29, 1.82) is 0 Å². The van der Waals surface area contributed by atoms with E-state index in [2.05, 4.69) is 10.6 Å². The summed E-state index contributed by atoms with van der Waals surface area (Å²) in [6.45, 7) is 7.47. The van der Waals surface area contributed by atoms with Crippen molar-refractivity contribution in [1.82, 2.24) is 15.5 Å². The number of carbonyl (C=O) groups excluding carboxylic acids is 2. The van der Waals surface area contributed by atoms with Crippen molar-refractivity contribution in [2.24, 2.45) is 0 Å². The average Bonchev–Trinajstić information content (AvgIpc) is 2.90. The fraction of sp³-hybridized carbons (Fsp3) is 0.867. The Morgan fingerprint density at radius 3 is 2.36 bits per heavy atom. The number of hydrogen-bond donors (Lipinski definition) is 2. The van der Waals surface area contributed by atoms with Crippen molar-refractivity contribution >= 4 is 12.1 Å². The fourth-order valence-electron chi connectivity index (χ4n) is 2.60. The van der Waals surface area contributed by atoms with Crippen molar-refractivity contribution < 1.29 is 19.1 Å². The molecule has 0 spiro atoms. The molecular weight excluding hydrogens is 286 g/mol. The van der Waals surface area contributed by atoms with E-state index in [4.69, 9.17) is 9.47 Å². The molecule has 0 radical (unpaired) electrons. The van der Waals surface area contributed by atoms with Crippen LogP contribution in [0.4, 0.5) is 9.59 Å². The lowest BCUT2D eigenvalue weighted by molar-refractivity contribution is 0.0201. The number of piperidine rings is 1. The Morgan fingerprint density at radius 2 is 1.82 bits per heavy atom. The normalized spacial score (nSPS) is 23.2. The monoisotopic (exact) mass is 313 g/mol. The van der Waals surface area contributed by atoms with E-state index >= 15 is 0 Å². The van der Waals surface area contributed by atoms with Gasteiger partial charge >= 0.3 is 12.1 Å². The maximum Gasteiger partial charge on any atom is 0.410 e. The molecular formula is C15H27N3O4. The second-order valence-corrected chi connectivity index (χ2v) is 6.86.